The van der Waals surface area contributed by atoms with Gasteiger partial charge in [-0.1, -0.05) is 11.2 Å². The van der Waals surface area contributed by atoms with Crippen LogP contribution in [0.5, 0.6) is 0 Å². The smallest absolute Gasteiger partial charge is 0.230 e. The van der Waals surface area contributed by atoms with Gasteiger partial charge < -0.3 is 14.8 Å². The van der Waals surface area contributed by atoms with E-state index in [0.717, 1.165) is 33.2 Å². The van der Waals surface area contributed by atoms with Crippen molar-refractivity contribution in [2.24, 2.45) is 0 Å². The van der Waals surface area contributed by atoms with Crippen LogP contribution in [0.25, 0.3) is 22.0 Å². The van der Waals surface area contributed by atoms with Gasteiger partial charge in [0.1, 0.15) is 5.69 Å². The number of aromatic nitrogens is 3. The van der Waals surface area contributed by atoms with Crippen molar-refractivity contribution in [2.45, 2.75) is 20.3 Å². The van der Waals surface area contributed by atoms with Gasteiger partial charge in [-0.2, -0.15) is 0 Å². The highest BCUT2D eigenvalue weighted by Crippen LogP contribution is 2.25. The lowest BCUT2D eigenvalue weighted by atomic mass is 10.0. The molecule has 0 fully saturated rings. The van der Waals surface area contributed by atoms with Crippen LogP contribution in [0.15, 0.2) is 41.2 Å². The zero-order chi connectivity index (χ0) is 16.7. The number of H-pyrrole nitrogens is 1. The normalized spacial score (nSPS) is 11.2. The molecular formula is C18H16N4O2. The van der Waals surface area contributed by atoms with Crippen LogP contribution in [-0.4, -0.2) is 21.0 Å². The van der Waals surface area contributed by atoms with Crippen LogP contribution in [0.3, 0.4) is 0 Å². The monoisotopic (exact) mass is 320 g/mol. The lowest BCUT2D eigenvalue weighted by Crippen LogP contribution is -2.14. The van der Waals surface area contributed by atoms with E-state index in [1.165, 1.54) is 0 Å². The first-order valence-electron chi connectivity index (χ1n) is 7.68. The Morgan fingerprint density at radius 2 is 2.12 bits per heavy atom. The predicted octanol–water partition coefficient (Wildman–Crippen LogP) is 3.50. The summed E-state index contributed by atoms with van der Waals surface area (Å²) in [5.74, 6) is -0.135. The molecule has 2 aromatic carbocycles. The van der Waals surface area contributed by atoms with Crippen molar-refractivity contribution in [2.75, 3.05) is 5.32 Å². The van der Waals surface area contributed by atoms with Crippen molar-refractivity contribution in [1.82, 2.24) is 15.1 Å². The molecule has 0 spiro atoms. The molecule has 1 amide bonds. The molecule has 2 N–H and O–H groups in total. The van der Waals surface area contributed by atoms with Crippen molar-refractivity contribution in [3.8, 4) is 0 Å². The molecule has 0 aliphatic carbocycles. The molecule has 6 heteroatoms. The summed E-state index contributed by atoms with van der Waals surface area (Å²) >= 11 is 0. The summed E-state index contributed by atoms with van der Waals surface area (Å²) in [4.78, 5) is 19.5. The van der Waals surface area contributed by atoms with E-state index >= 15 is 0 Å². The summed E-state index contributed by atoms with van der Waals surface area (Å²) in [6.07, 6.45) is 1.79. The van der Waals surface area contributed by atoms with E-state index in [2.05, 4.69) is 26.5 Å². The van der Waals surface area contributed by atoms with Gasteiger partial charge in [-0.3, -0.25) is 4.79 Å². The minimum absolute atomic E-state index is 0.135. The number of hydrogen-bond acceptors (Lipinski definition) is 4. The molecule has 4 aromatic rings. The lowest BCUT2D eigenvalue weighted by Gasteiger charge is -2.04. The molecule has 0 saturated heterocycles. The van der Waals surface area contributed by atoms with E-state index < -0.39 is 0 Å². The maximum atomic E-state index is 12.4. The fraction of sp³-hybridized carbons (Fsp3) is 0.167. The molecular weight excluding hydrogens is 304 g/mol. The zero-order valence-electron chi connectivity index (χ0n) is 13.4. The van der Waals surface area contributed by atoms with Gasteiger partial charge >= 0.3 is 0 Å². The second-order valence-electron chi connectivity index (χ2n) is 5.94. The standard InChI is InChI=1S/C18H16N4O2/c1-10-5-11(2)18-15(22-24-16(18)6-10)8-17(23)21-12-3-4-13-14(7-12)20-9-19-13/h3-7,9H,8H2,1-2H3,(H,19,20)(H,21,23). The van der Waals surface area contributed by atoms with E-state index in [-0.39, 0.29) is 12.3 Å². The van der Waals surface area contributed by atoms with Gasteiger partial charge in [0.15, 0.2) is 5.58 Å². The predicted molar refractivity (Wildman–Crippen MR) is 91.9 cm³/mol. The fourth-order valence-electron chi connectivity index (χ4n) is 3.01. The fourth-order valence-corrected chi connectivity index (χ4v) is 3.01. The van der Waals surface area contributed by atoms with E-state index in [1.807, 2.05) is 38.1 Å². The third-order valence-corrected chi connectivity index (χ3v) is 4.02. The first kappa shape index (κ1) is 14.4. The number of amides is 1. The number of imidazole rings is 1. The minimum atomic E-state index is -0.135. The average Bonchev–Trinajstić information content (AvgIpc) is 3.13. The van der Waals surface area contributed by atoms with E-state index in [4.69, 9.17) is 4.52 Å². The van der Waals surface area contributed by atoms with E-state index in [0.29, 0.717) is 11.3 Å². The van der Waals surface area contributed by atoms with Crippen molar-refractivity contribution in [1.29, 1.82) is 0 Å². The number of hydrogen-bond donors (Lipinski definition) is 2. The van der Waals surface area contributed by atoms with Gasteiger partial charge in [0.2, 0.25) is 5.91 Å². The molecule has 0 saturated carbocycles. The Morgan fingerprint density at radius 1 is 1.25 bits per heavy atom. The Labute approximate surface area is 137 Å². The number of nitrogens with one attached hydrogen (secondary N) is 2. The Balaban J connectivity index is 1.57. The van der Waals surface area contributed by atoms with Crippen molar-refractivity contribution in [3.63, 3.8) is 0 Å². The first-order valence-corrected chi connectivity index (χ1v) is 7.68. The number of benzene rings is 2. The van der Waals surface area contributed by atoms with E-state index in [9.17, 15) is 4.79 Å². The number of rotatable bonds is 3. The molecule has 0 unspecified atom stereocenters. The molecule has 0 aliphatic rings. The van der Waals surface area contributed by atoms with Crippen LogP contribution in [-0.2, 0) is 11.2 Å². The number of aryl methyl sites for hydroxylation is 2. The molecule has 0 bridgehead atoms. The molecule has 4 rings (SSSR count). The third kappa shape index (κ3) is 2.52. The maximum absolute atomic E-state index is 12.4. The maximum Gasteiger partial charge on any atom is 0.230 e. The summed E-state index contributed by atoms with van der Waals surface area (Å²) < 4.78 is 5.37. The van der Waals surface area contributed by atoms with Crippen LogP contribution < -0.4 is 5.32 Å². The molecule has 2 aromatic heterocycles. The van der Waals surface area contributed by atoms with Crippen molar-refractivity contribution < 1.29 is 9.32 Å². The summed E-state index contributed by atoms with van der Waals surface area (Å²) in [6, 6.07) is 9.54. The second-order valence-corrected chi connectivity index (χ2v) is 5.94. The summed E-state index contributed by atoms with van der Waals surface area (Å²) in [6.45, 7) is 4.01. The largest absolute Gasteiger partial charge is 0.356 e. The Kier molecular flexibility index (Phi) is 3.30. The molecule has 0 atom stereocenters. The molecule has 24 heavy (non-hydrogen) atoms. The highest BCUT2D eigenvalue weighted by molar-refractivity contribution is 5.96. The summed E-state index contributed by atoms with van der Waals surface area (Å²) in [7, 11) is 0. The number of anilines is 1. The number of fused-ring (bicyclic) bond motifs is 2. The number of aromatic amines is 1. The third-order valence-electron chi connectivity index (χ3n) is 4.02. The number of carbonyl (C=O) groups excluding carboxylic acids is 1. The molecule has 6 nitrogen and oxygen atoms in total. The van der Waals surface area contributed by atoms with Gasteiger partial charge in [-0.05, 0) is 49.2 Å². The Bertz CT molecular complexity index is 1060. The highest BCUT2D eigenvalue weighted by atomic mass is 16.5. The minimum Gasteiger partial charge on any atom is -0.356 e. The van der Waals surface area contributed by atoms with Crippen LogP contribution >= 0.6 is 0 Å². The number of nitrogens with zero attached hydrogens (tertiary/aromatic N) is 2. The van der Waals surface area contributed by atoms with Gasteiger partial charge in [0.05, 0.1) is 23.8 Å². The van der Waals surface area contributed by atoms with Gasteiger partial charge in [-0.15, -0.1) is 0 Å². The van der Waals surface area contributed by atoms with E-state index in [1.54, 1.807) is 6.33 Å². The van der Waals surface area contributed by atoms with Gasteiger partial charge in [-0.25, -0.2) is 4.98 Å². The van der Waals surface area contributed by atoms with Crippen LogP contribution in [0.2, 0.25) is 0 Å². The van der Waals surface area contributed by atoms with Crippen LogP contribution in [0.4, 0.5) is 5.69 Å². The van der Waals surface area contributed by atoms with Crippen LogP contribution in [0, 0.1) is 13.8 Å². The average molecular weight is 320 g/mol. The van der Waals surface area contributed by atoms with Crippen LogP contribution in [0.1, 0.15) is 16.8 Å². The number of carbonyl (C=O) groups is 1. The summed E-state index contributed by atoms with van der Waals surface area (Å²) in [5.41, 5.74) is 6.01. The van der Waals surface area contributed by atoms with Gasteiger partial charge in [0.25, 0.3) is 0 Å². The Morgan fingerprint density at radius 3 is 3.00 bits per heavy atom. The second kappa shape index (κ2) is 5.49. The lowest BCUT2D eigenvalue weighted by molar-refractivity contribution is -0.115. The molecule has 2 heterocycles. The Hall–Kier alpha value is -3.15. The van der Waals surface area contributed by atoms with Crippen molar-refractivity contribution in [3.05, 3.63) is 53.5 Å². The highest BCUT2D eigenvalue weighted by Gasteiger charge is 2.15. The molecule has 0 radical (unpaired) electrons. The first-order chi connectivity index (χ1) is 11.6. The molecule has 120 valence electrons. The topological polar surface area (TPSA) is 83.8 Å². The SMILES string of the molecule is Cc1cc(C)c2c(CC(=O)Nc3ccc4nc[nH]c4c3)noc2c1. The van der Waals surface area contributed by atoms with Gasteiger partial charge in [0, 0.05) is 11.1 Å². The quantitative estimate of drug-likeness (QED) is 0.605. The molecule has 0 aliphatic heterocycles. The zero-order valence-corrected chi connectivity index (χ0v) is 13.4. The van der Waals surface area contributed by atoms with Crippen molar-refractivity contribution >= 4 is 33.6 Å². The summed E-state index contributed by atoms with van der Waals surface area (Å²) in [5, 5.41) is 7.87.